The van der Waals surface area contributed by atoms with Gasteiger partial charge in [-0.3, -0.25) is 4.79 Å². The fraction of sp³-hybridized carbons (Fsp3) is 0. The van der Waals surface area contributed by atoms with Crippen molar-refractivity contribution in [3.8, 4) is 0 Å². The van der Waals surface area contributed by atoms with Crippen LogP contribution in [0.4, 0.5) is 5.69 Å². The van der Waals surface area contributed by atoms with Crippen molar-refractivity contribution in [2.24, 2.45) is 0 Å². The Labute approximate surface area is 119 Å². The molecule has 0 saturated carbocycles. The van der Waals surface area contributed by atoms with Crippen molar-refractivity contribution in [1.29, 1.82) is 0 Å². The Kier molecular flexibility index (Phi) is 3.16. The van der Waals surface area contributed by atoms with Crippen LogP contribution in [-0.2, 0) is 0 Å². The molecule has 0 aliphatic carbocycles. The predicted molar refractivity (Wildman–Crippen MR) is 77.6 cm³/mol. The molecule has 0 spiro atoms. The van der Waals surface area contributed by atoms with Gasteiger partial charge in [-0.25, -0.2) is 4.79 Å². The van der Waals surface area contributed by atoms with Gasteiger partial charge in [0, 0.05) is 11.1 Å². The maximum atomic E-state index is 12.1. The summed E-state index contributed by atoms with van der Waals surface area (Å²) in [7, 11) is 0. The van der Waals surface area contributed by atoms with Gasteiger partial charge in [0.2, 0.25) is 5.76 Å². The molecule has 0 fully saturated rings. The summed E-state index contributed by atoms with van der Waals surface area (Å²) in [6.45, 7) is 0. The number of nitrogens with one attached hydrogen (secondary N) is 1. The molecule has 0 unspecified atom stereocenters. The maximum absolute atomic E-state index is 12.1. The Bertz CT molecular complexity index is 830. The molecule has 2 aromatic carbocycles. The van der Waals surface area contributed by atoms with Crippen LogP contribution in [0.15, 0.2) is 59.0 Å². The third-order valence-corrected chi connectivity index (χ3v) is 3.08. The average molecular weight is 281 g/mol. The Morgan fingerprint density at radius 2 is 1.62 bits per heavy atom. The number of hydrogen-bond donors (Lipinski definition) is 2. The number of anilines is 1. The standard InChI is InChI=1S/C16H11NO4/c18-15(13-8-9-14(21-13)16(19)20)17-12-7-3-5-10-4-1-2-6-11(10)12/h1-9H,(H,17,18)(H,19,20). The molecule has 21 heavy (non-hydrogen) atoms. The summed E-state index contributed by atoms with van der Waals surface area (Å²) in [6.07, 6.45) is 0. The van der Waals surface area contributed by atoms with E-state index in [0.29, 0.717) is 5.69 Å². The van der Waals surface area contributed by atoms with Crippen molar-refractivity contribution >= 4 is 28.3 Å². The number of amides is 1. The molecule has 0 atom stereocenters. The summed E-state index contributed by atoms with van der Waals surface area (Å²) in [6, 6.07) is 15.8. The normalized spacial score (nSPS) is 10.5. The number of furan rings is 1. The summed E-state index contributed by atoms with van der Waals surface area (Å²) in [5, 5.41) is 13.4. The van der Waals surface area contributed by atoms with Gasteiger partial charge in [0.15, 0.2) is 5.76 Å². The van der Waals surface area contributed by atoms with Crippen LogP contribution in [0.1, 0.15) is 21.1 Å². The molecule has 104 valence electrons. The maximum Gasteiger partial charge on any atom is 0.371 e. The lowest BCUT2D eigenvalue weighted by Gasteiger charge is -2.07. The fourth-order valence-corrected chi connectivity index (χ4v) is 2.09. The number of carboxylic acids is 1. The van der Waals surface area contributed by atoms with Crippen LogP contribution in [0.2, 0.25) is 0 Å². The van der Waals surface area contributed by atoms with Crippen molar-refractivity contribution < 1.29 is 19.1 Å². The van der Waals surface area contributed by atoms with Gasteiger partial charge in [-0.1, -0.05) is 36.4 Å². The van der Waals surface area contributed by atoms with Crippen molar-refractivity contribution in [3.05, 3.63) is 66.1 Å². The van der Waals surface area contributed by atoms with Crippen LogP contribution in [0.25, 0.3) is 10.8 Å². The topological polar surface area (TPSA) is 79.5 Å². The van der Waals surface area contributed by atoms with E-state index in [2.05, 4.69) is 5.32 Å². The largest absolute Gasteiger partial charge is 0.475 e. The van der Waals surface area contributed by atoms with E-state index in [9.17, 15) is 9.59 Å². The van der Waals surface area contributed by atoms with Crippen LogP contribution in [-0.4, -0.2) is 17.0 Å². The number of aromatic carboxylic acids is 1. The zero-order chi connectivity index (χ0) is 14.8. The lowest BCUT2D eigenvalue weighted by atomic mass is 10.1. The molecule has 0 radical (unpaired) electrons. The van der Waals surface area contributed by atoms with Crippen molar-refractivity contribution in [2.45, 2.75) is 0 Å². The number of carbonyl (C=O) groups excluding carboxylic acids is 1. The molecule has 5 heteroatoms. The number of hydrogen-bond acceptors (Lipinski definition) is 3. The number of benzene rings is 2. The molecule has 3 aromatic rings. The highest BCUT2D eigenvalue weighted by molar-refractivity contribution is 6.08. The van der Waals surface area contributed by atoms with E-state index >= 15 is 0 Å². The van der Waals surface area contributed by atoms with Gasteiger partial charge < -0.3 is 14.8 Å². The van der Waals surface area contributed by atoms with Gasteiger partial charge in [-0.15, -0.1) is 0 Å². The van der Waals surface area contributed by atoms with E-state index in [1.54, 1.807) is 6.07 Å². The first kappa shape index (κ1) is 12.9. The first-order valence-corrected chi connectivity index (χ1v) is 6.27. The molecule has 1 amide bonds. The average Bonchev–Trinajstić information content (AvgIpc) is 2.98. The second-order valence-electron chi connectivity index (χ2n) is 4.45. The molecule has 3 rings (SSSR count). The lowest BCUT2D eigenvalue weighted by Crippen LogP contribution is -2.11. The molecule has 5 nitrogen and oxygen atoms in total. The summed E-state index contributed by atoms with van der Waals surface area (Å²) >= 11 is 0. The fourth-order valence-electron chi connectivity index (χ4n) is 2.09. The lowest BCUT2D eigenvalue weighted by molar-refractivity contribution is 0.0660. The monoisotopic (exact) mass is 281 g/mol. The molecule has 0 aliphatic rings. The van der Waals surface area contributed by atoms with Gasteiger partial charge >= 0.3 is 5.97 Å². The first-order chi connectivity index (χ1) is 10.1. The van der Waals surface area contributed by atoms with Gasteiger partial charge in [-0.2, -0.15) is 0 Å². The van der Waals surface area contributed by atoms with Crippen LogP contribution in [0.3, 0.4) is 0 Å². The highest BCUT2D eigenvalue weighted by Gasteiger charge is 2.15. The van der Waals surface area contributed by atoms with E-state index < -0.39 is 11.9 Å². The quantitative estimate of drug-likeness (QED) is 0.771. The Balaban J connectivity index is 1.91. The Hall–Kier alpha value is -3.08. The minimum atomic E-state index is -1.21. The summed E-state index contributed by atoms with van der Waals surface area (Å²) in [5.74, 6) is -2.00. The van der Waals surface area contributed by atoms with E-state index in [1.807, 2.05) is 36.4 Å². The highest BCUT2D eigenvalue weighted by Crippen LogP contribution is 2.23. The van der Waals surface area contributed by atoms with E-state index in [0.717, 1.165) is 10.8 Å². The first-order valence-electron chi connectivity index (χ1n) is 6.27. The zero-order valence-electron chi connectivity index (χ0n) is 10.9. The number of fused-ring (bicyclic) bond motifs is 1. The summed E-state index contributed by atoms with van der Waals surface area (Å²) in [5.41, 5.74) is 0.645. The number of rotatable bonds is 3. The minimum Gasteiger partial charge on any atom is -0.475 e. The minimum absolute atomic E-state index is 0.0414. The van der Waals surface area contributed by atoms with Gasteiger partial charge in [0.25, 0.3) is 5.91 Å². The van der Waals surface area contributed by atoms with Crippen molar-refractivity contribution in [3.63, 3.8) is 0 Å². The third kappa shape index (κ3) is 2.49. The number of carboxylic acid groups (broad SMARTS) is 1. The van der Waals surface area contributed by atoms with Crippen LogP contribution < -0.4 is 5.32 Å². The molecule has 0 bridgehead atoms. The van der Waals surface area contributed by atoms with Crippen molar-refractivity contribution in [1.82, 2.24) is 0 Å². The van der Waals surface area contributed by atoms with Gasteiger partial charge in [-0.05, 0) is 23.6 Å². The Morgan fingerprint density at radius 3 is 2.38 bits per heavy atom. The van der Waals surface area contributed by atoms with E-state index in [1.165, 1.54) is 12.1 Å². The molecular formula is C16H11NO4. The third-order valence-electron chi connectivity index (χ3n) is 3.08. The van der Waals surface area contributed by atoms with Crippen molar-refractivity contribution in [2.75, 3.05) is 5.32 Å². The zero-order valence-corrected chi connectivity index (χ0v) is 10.9. The Morgan fingerprint density at radius 1 is 0.905 bits per heavy atom. The second kappa shape index (κ2) is 5.13. The molecule has 2 N–H and O–H groups in total. The smallest absolute Gasteiger partial charge is 0.371 e. The summed E-state index contributed by atoms with van der Waals surface area (Å²) < 4.78 is 4.98. The van der Waals surface area contributed by atoms with Gasteiger partial charge in [0.1, 0.15) is 0 Å². The molecule has 1 aromatic heterocycles. The number of carbonyl (C=O) groups is 2. The van der Waals surface area contributed by atoms with Crippen LogP contribution >= 0.6 is 0 Å². The predicted octanol–water partition coefficient (Wildman–Crippen LogP) is 3.38. The van der Waals surface area contributed by atoms with E-state index in [-0.39, 0.29) is 11.5 Å². The second-order valence-corrected chi connectivity index (χ2v) is 4.45. The molecule has 1 heterocycles. The molecule has 0 saturated heterocycles. The summed E-state index contributed by atoms with van der Waals surface area (Å²) in [4.78, 5) is 22.8. The molecular weight excluding hydrogens is 270 g/mol. The van der Waals surface area contributed by atoms with Gasteiger partial charge in [0.05, 0.1) is 0 Å². The SMILES string of the molecule is O=C(O)c1ccc(C(=O)Nc2cccc3ccccc23)o1. The highest BCUT2D eigenvalue weighted by atomic mass is 16.4. The van der Waals surface area contributed by atoms with Crippen LogP contribution in [0.5, 0.6) is 0 Å². The van der Waals surface area contributed by atoms with E-state index in [4.69, 9.17) is 9.52 Å². The van der Waals surface area contributed by atoms with Crippen LogP contribution in [0, 0.1) is 0 Å². The molecule has 0 aliphatic heterocycles.